The van der Waals surface area contributed by atoms with Gasteiger partial charge in [-0.2, -0.15) is 4.98 Å². The maximum Gasteiger partial charge on any atom is 0.240 e. The lowest BCUT2D eigenvalue weighted by Crippen LogP contribution is -2.48. The van der Waals surface area contributed by atoms with E-state index >= 15 is 0 Å². The Morgan fingerprint density at radius 1 is 1.36 bits per heavy atom. The van der Waals surface area contributed by atoms with Crippen molar-refractivity contribution in [1.82, 2.24) is 19.6 Å². The fraction of sp³-hybridized carbons (Fsp3) is 0.545. The third kappa shape index (κ3) is 1.90. The monoisotopic (exact) mass is 314 g/mol. The normalized spacial score (nSPS) is 27.5. The quantitative estimate of drug-likeness (QED) is 0.422. The van der Waals surface area contributed by atoms with Crippen molar-refractivity contribution in [3.8, 4) is 0 Å². The molecular formula is C11H15FN6O4. The number of anilines is 2. The SMILES string of the molecule is Nc1nc(N)c2ncc([C@@H]3OC(CO)(CO)[C@@H](O)[C@H]3F)n2n1. The number of nitrogen functional groups attached to an aromatic ring is 2. The highest BCUT2D eigenvalue weighted by Crippen LogP contribution is 2.41. The molecule has 3 heterocycles. The van der Waals surface area contributed by atoms with Gasteiger partial charge in [-0.15, -0.1) is 5.10 Å². The molecule has 1 aliphatic heterocycles. The number of hydrogen-bond acceptors (Lipinski definition) is 9. The van der Waals surface area contributed by atoms with E-state index < -0.39 is 37.2 Å². The Morgan fingerprint density at radius 2 is 2.05 bits per heavy atom. The van der Waals surface area contributed by atoms with Gasteiger partial charge < -0.3 is 31.5 Å². The standard InChI is InChI=1S/C11H15FN6O4/c12-5-6(22-11(2-19,3-20)7(5)21)4-1-15-9-8(13)16-10(14)17-18(4)9/h1,5-7,19-21H,2-3H2,(H4,13,14,16,17)/t5-,6-,7-/m0/s1. The van der Waals surface area contributed by atoms with Gasteiger partial charge in [0.05, 0.1) is 25.1 Å². The van der Waals surface area contributed by atoms with Crippen LogP contribution in [0.3, 0.4) is 0 Å². The highest BCUT2D eigenvalue weighted by molar-refractivity contribution is 5.60. The molecule has 0 amide bonds. The predicted molar refractivity (Wildman–Crippen MR) is 71.2 cm³/mol. The number of ether oxygens (including phenoxy) is 1. The summed E-state index contributed by atoms with van der Waals surface area (Å²) >= 11 is 0. The maximum atomic E-state index is 14.4. The second-order valence-electron chi connectivity index (χ2n) is 5.08. The van der Waals surface area contributed by atoms with Crippen LogP contribution in [0.4, 0.5) is 16.2 Å². The number of nitrogens with zero attached hydrogens (tertiary/aromatic N) is 4. The van der Waals surface area contributed by atoms with E-state index in [1.165, 1.54) is 6.20 Å². The summed E-state index contributed by atoms with van der Waals surface area (Å²) in [5.74, 6) is -0.142. The van der Waals surface area contributed by atoms with Crippen molar-refractivity contribution in [2.24, 2.45) is 0 Å². The first-order chi connectivity index (χ1) is 10.4. The number of halogens is 1. The van der Waals surface area contributed by atoms with Crippen LogP contribution in [0.1, 0.15) is 11.8 Å². The molecule has 10 nitrogen and oxygen atoms in total. The van der Waals surface area contributed by atoms with Gasteiger partial charge in [0.15, 0.2) is 17.6 Å². The Kier molecular flexibility index (Phi) is 3.36. The number of fused-ring (bicyclic) bond motifs is 1. The number of alkyl halides is 1. The van der Waals surface area contributed by atoms with Crippen molar-refractivity contribution in [3.63, 3.8) is 0 Å². The third-order valence-corrected chi connectivity index (χ3v) is 3.75. The summed E-state index contributed by atoms with van der Waals surface area (Å²) in [6.45, 7) is -1.50. The minimum absolute atomic E-state index is 0.00304. The van der Waals surface area contributed by atoms with Crippen LogP contribution in [0.5, 0.6) is 0 Å². The molecule has 22 heavy (non-hydrogen) atoms. The van der Waals surface area contributed by atoms with Crippen LogP contribution in [0.15, 0.2) is 6.20 Å². The fourth-order valence-electron chi connectivity index (χ4n) is 2.51. The van der Waals surface area contributed by atoms with Gasteiger partial charge in [-0.3, -0.25) is 0 Å². The van der Waals surface area contributed by atoms with Crippen LogP contribution in [0.25, 0.3) is 5.65 Å². The van der Waals surface area contributed by atoms with E-state index in [2.05, 4.69) is 15.1 Å². The summed E-state index contributed by atoms with van der Waals surface area (Å²) in [5, 5.41) is 32.5. The van der Waals surface area contributed by atoms with Crippen LogP contribution in [-0.2, 0) is 4.74 Å². The average Bonchev–Trinajstić information content (AvgIpc) is 3.01. The zero-order chi connectivity index (χ0) is 16.1. The van der Waals surface area contributed by atoms with Gasteiger partial charge in [-0.1, -0.05) is 0 Å². The first kappa shape index (κ1) is 14.8. The average molecular weight is 314 g/mol. The van der Waals surface area contributed by atoms with E-state index in [9.17, 15) is 19.7 Å². The zero-order valence-corrected chi connectivity index (χ0v) is 11.3. The Morgan fingerprint density at radius 3 is 2.64 bits per heavy atom. The van der Waals surface area contributed by atoms with Gasteiger partial charge >= 0.3 is 0 Å². The lowest BCUT2D eigenvalue weighted by Gasteiger charge is -2.27. The molecule has 120 valence electrons. The fourth-order valence-corrected chi connectivity index (χ4v) is 2.51. The number of nitrogens with two attached hydrogens (primary N) is 2. The van der Waals surface area contributed by atoms with Crippen molar-refractivity contribution in [3.05, 3.63) is 11.9 Å². The number of aliphatic hydroxyl groups is 3. The summed E-state index contributed by atoms with van der Waals surface area (Å²) in [5.41, 5.74) is 9.64. The van der Waals surface area contributed by atoms with Gasteiger partial charge in [-0.25, -0.2) is 13.9 Å². The third-order valence-electron chi connectivity index (χ3n) is 3.75. The lowest BCUT2D eigenvalue weighted by atomic mass is 9.96. The largest absolute Gasteiger partial charge is 0.393 e. The van der Waals surface area contributed by atoms with Crippen LogP contribution in [0, 0.1) is 0 Å². The molecule has 11 heteroatoms. The molecule has 7 N–H and O–H groups in total. The second kappa shape index (κ2) is 4.98. The smallest absolute Gasteiger partial charge is 0.240 e. The molecule has 2 aromatic heterocycles. The second-order valence-corrected chi connectivity index (χ2v) is 5.08. The Balaban J connectivity index is 2.09. The summed E-state index contributed by atoms with van der Waals surface area (Å²) in [4.78, 5) is 7.70. The van der Waals surface area contributed by atoms with Crippen LogP contribution < -0.4 is 11.5 Å². The minimum Gasteiger partial charge on any atom is -0.393 e. The first-order valence-corrected chi connectivity index (χ1v) is 6.42. The summed E-state index contributed by atoms with van der Waals surface area (Å²) < 4.78 is 20.9. The lowest BCUT2D eigenvalue weighted by molar-refractivity contribution is -0.137. The summed E-state index contributed by atoms with van der Waals surface area (Å²) in [6.07, 6.45) is -3.67. The van der Waals surface area contributed by atoms with E-state index in [1.807, 2.05) is 0 Å². The number of imidazole rings is 1. The predicted octanol–water partition coefficient (Wildman–Crippen LogP) is -2.22. The number of rotatable bonds is 3. The van der Waals surface area contributed by atoms with E-state index in [0.29, 0.717) is 0 Å². The number of hydrogen-bond donors (Lipinski definition) is 5. The molecule has 0 aromatic carbocycles. The Hall–Kier alpha value is -2.08. The van der Waals surface area contributed by atoms with Crippen LogP contribution in [0.2, 0.25) is 0 Å². The van der Waals surface area contributed by atoms with Gasteiger partial charge in [0, 0.05) is 0 Å². The van der Waals surface area contributed by atoms with Gasteiger partial charge in [0.1, 0.15) is 17.8 Å². The molecule has 0 radical (unpaired) electrons. The van der Waals surface area contributed by atoms with Crippen LogP contribution in [-0.4, -0.2) is 66.0 Å². The maximum absolute atomic E-state index is 14.4. The first-order valence-electron chi connectivity index (χ1n) is 6.42. The van der Waals surface area contributed by atoms with Crippen molar-refractivity contribution in [1.29, 1.82) is 0 Å². The molecule has 3 atom stereocenters. The molecule has 0 bridgehead atoms. The highest BCUT2D eigenvalue weighted by atomic mass is 19.1. The molecule has 3 rings (SSSR count). The summed E-state index contributed by atoms with van der Waals surface area (Å²) in [7, 11) is 0. The summed E-state index contributed by atoms with van der Waals surface area (Å²) in [6, 6.07) is 0. The van der Waals surface area contributed by atoms with Gasteiger partial charge in [0.25, 0.3) is 0 Å². The van der Waals surface area contributed by atoms with E-state index in [4.69, 9.17) is 16.2 Å². The molecule has 1 saturated heterocycles. The molecule has 0 spiro atoms. The van der Waals surface area contributed by atoms with Crippen molar-refractivity contribution < 1.29 is 24.4 Å². The molecule has 0 aliphatic carbocycles. The van der Waals surface area contributed by atoms with Gasteiger partial charge in [-0.05, 0) is 0 Å². The number of aromatic nitrogens is 4. The topological polar surface area (TPSA) is 165 Å². The molecule has 0 unspecified atom stereocenters. The molecular weight excluding hydrogens is 299 g/mol. The van der Waals surface area contributed by atoms with E-state index in [-0.39, 0.29) is 23.1 Å². The number of aliphatic hydroxyl groups excluding tert-OH is 3. The Bertz CT molecular complexity index is 705. The van der Waals surface area contributed by atoms with Crippen molar-refractivity contribution in [2.45, 2.75) is 24.0 Å². The van der Waals surface area contributed by atoms with Gasteiger partial charge in [0.2, 0.25) is 5.95 Å². The molecule has 0 saturated carbocycles. The molecule has 1 aliphatic rings. The van der Waals surface area contributed by atoms with E-state index in [0.717, 1.165) is 4.52 Å². The van der Waals surface area contributed by atoms with Crippen molar-refractivity contribution >= 4 is 17.4 Å². The van der Waals surface area contributed by atoms with Crippen molar-refractivity contribution in [2.75, 3.05) is 24.7 Å². The Labute approximate surface area is 123 Å². The molecule has 1 fully saturated rings. The molecule has 2 aromatic rings. The minimum atomic E-state index is -1.91. The zero-order valence-electron chi connectivity index (χ0n) is 11.3. The van der Waals surface area contributed by atoms with E-state index in [1.54, 1.807) is 0 Å². The highest BCUT2D eigenvalue weighted by Gasteiger charge is 2.56. The van der Waals surface area contributed by atoms with Crippen LogP contribution >= 0.6 is 0 Å².